The lowest BCUT2D eigenvalue weighted by molar-refractivity contribution is 0.238. The van der Waals surface area contributed by atoms with Crippen LogP contribution in [0.3, 0.4) is 0 Å². The Kier molecular flexibility index (Phi) is 8.53. The van der Waals surface area contributed by atoms with Crippen LogP contribution in [-0.2, 0) is 11.8 Å². The molecule has 7 rings (SSSR count). The molecule has 1 fully saturated rings. The quantitative estimate of drug-likeness (QED) is 0.131. The number of ether oxygens (including phenoxy) is 2. The van der Waals surface area contributed by atoms with Gasteiger partial charge in [0.1, 0.15) is 28.9 Å². The highest BCUT2D eigenvalue weighted by molar-refractivity contribution is 7.97. The van der Waals surface area contributed by atoms with E-state index in [0.29, 0.717) is 53.1 Å². The number of H-pyrrole nitrogens is 2. The molecule has 230 valence electrons. The molecule has 1 saturated heterocycles. The topological polar surface area (TPSA) is 95.4 Å². The molecule has 1 aliphatic carbocycles. The predicted octanol–water partition coefficient (Wildman–Crippen LogP) is 6.81. The van der Waals surface area contributed by atoms with E-state index in [1.54, 1.807) is 42.4 Å². The summed E-state index contributed by atoms with van der Waals surface area (Å²) >= 11 is 1.75. The minimum Gasteiger partial charge on any atom is -0.493 e. The molecular weight excluding hydrogens is 603 g/mol. The standard InChI is InChI=1S/C30H28F2N5O3P.C2H6S/c1-30(8-10-39-27-17(3-2-4-21(27)30)11-18-15-37(18)36-38)24-14-34-29(35-24)20-13-19(5-6-22(20)31)40-23-12-16-7-9-33-26(16)25(32)28(23)41;1-3-2/h2-7,9,12,14,18,20,33H,8,10-11,13,15,41H2,1H3,(H,34,35);1-2H3. The molecule has 4 aromatic rings. The smallest absolute Gasteiger partial charge is 0.158 e. The molecule has 4 atom stereocenters. The summed E-state index contributed by atoms with van der Waals surface area (Å²) in [5.74, 6) is 0.813. The molecule has 2 aliphatic heterocycles. The maximum Gasteiger partial charge on any atom is 0.158 e. The number of nitrogens with zero attached hydrogens (tertiary/aromatic N) is 3. The summed E-state index contributed by atoms with van der Waals surface area (Å²) < 4.78 is 42.2. The van der Waals surface area contributed by atoms with E-state index in [9.17, 15) is 9.30 Å². The molecule has 0 amide bonds. The summed E-state index contributed by atoms with van der Waals surface area (Å²) in [6, 6.07) is 9.73. The number of hydrogen-bond acceptors (Lipinski definition) is 6. The first kappa shape index (κ1) is 30.3. The third-order valence-corrected chi connectivity index (χ3v) is 9.04. The van der Waals surface area contributed by atoms with Crippen LogP contribution < -0.4 is 14.8 Å². The third kappa shape index (κ3) is 5.63. The van der Waals surface area contributed by atoms with Crippen molar-refractivity contribution in [3.8, 4) is 11.5 Å². The molecule has 12 heteroatoms. The highest BCUT2D eigenvalue weighted by Crippen LogP contribution is 2.46. The Bertz CT molecular complexity index is 1770. The van der Waals surface area contributed by atoms with Gasteiger partial charge >= 0.3 is 0 Å². The van der Waals surface area contributed by atoms with Crippen LogP contribution in [0.15, 0.2) is 71.7 Å². The maximum absolute atomic E-state index is 15.2. The van der Waals surface area contributed by atoms with Gasteiger partial charge < -0.3 is 19.4 Å². The van der Waals surface area contributed by atoms with E-state index in [4.69, 9.17) is 9.47 Å². The van der Waals surface area contributed by atoms with E-state index in [1.165, 1.54) is 11.1 Å². The number of hydrogen-bond donors (Lipinski definition) is 2. The number of fused-ring (bicyclic) bond motifs is 2. The zero-order valence-electron chi connectivity index (χ0n) is 24.7. The van der Waals surface area contributed by atoms with Crippen LogP contribution in [0, 0.1) is 10.7 Å². The monoisotopic (exact) mass is 637 g/mol. The fourth-order valence-electron chi connectivity index (χ4n) is 5.95. The minimum absolute atomic E-state index is 0.101. The molecular formula is C32H34F2N5O3PS. The van der Waals surface area contributed by atoms with Gasteiger partial charge in [0.2, 0.25) is 0 Å². The summed E-state index contributed by atoms with van der Waals surface area (Å²) in [6.07, 6.45) is 12.1. The molecule has 2 aromatic carbocycles. The number of rotatable bonds is 7. The highest BCUT2D eigenvalue weighted by Gasteiger charge is 2.40. The Hall–Kier alpha value is -3.69. The van der Waals surface area contributed by atoms with Gasteiger partial charge in [-0.15, -0.1) is 4.91 Å². The van der Waals surface area contributed by atoms with Crippen molar-refractivity contribution in [2.45, 2.75) is 43.6 Å². The molecule has 44 heavy (non-hydrogen) atoms. The number of para-hydroxylation sites is 1. The summed E-state index contributed by atoms with van der Waals surface area (Å²) in [6.45, 7) is 3.32. The molecule has 2 N–H and O–H groups in total. The number of nitroso groups, excluding NO2 is 1. The molecule has 8 nitrogen and oxygen atoms in total. The van der Waals surface area contributed by atoms with Gasteiger partial charge in [-0.3, -0.25) is 5.01 Å². The number of allylic oxidation sites excluding steroid dienone is 4. The van der Waals surface area contributed by atoms with Crippen molar-refractivity contribution < 1.29 is 18.3 Å². The number of thioether (sulfide) groups is 1. The Balaban J connectivity index is 0.00000110. The fourth-order valence-corrected chi connectivity index (χ4v) is 6.23. The SMILES string of the molecule is CC1(c2cnc(C3CC(Oc4cc5cc[nH]c5c(F)c4P)=CC=C3F)[nH]2)CCOc2c(CC3CN3N=O)cccc21.CSC. The molecule has 2 aromatic heterocycles. The first-order chi connectivity index (χ1) is 21.3. The number of aromatic nitrogens is 3. The van der Waals surface area contributed by atoms with E-state index in [2.05, 4.69) is 42.5 Å². The summed E-state index contributed by atoms with van der Waals surface area (Å²) in [4.78, 5) is 21.8. The molecule has 0 saturated carbocycles. The lowest BCUT2D eigenvalue weighted by Gasteiger charge is -2.36. The van der Waals surface area contributed by atoms with Crippen LogP contribution in [0.5, 0.6) is 11.5 Å². The van der Waals surface area contributed by atoms with Crippen molar-refractivity contribution >= 4 is 37.2 Å². The zero-order chi connectivity index (χ0) is 31.0. The highest BCUT2D eigenvalue weighted by atomic mass is 32.2. The molecule has 4 heterocycles. The third-order valence-electron chi connectivity index (χ3n) is 8.50. The number of imidazole rings is 1. The van der Waals surface area contributed by atoms with Crippen molar-refractivity contribution in [1.82, 2.24) is 20.0 Å². The first-order valence-electron chi connectivity index (χ1n) is 14.4. The average molecular weight is 638 g/mol. The van der Waals surface area contributed by atoms with Crippen molar-refractivity contribution in [2.75, 3.05) is 25.7 Å². The molecule has 3 aliphatic rings. The van der Waals surface area contributed by atoms with Crippen molar-refractivity contribution in [2.24, 2.45) is 5.29 Å². The minimum atomic E-state index is -0.663. The van der Waals surface area contributed by atoms with Crippen molar-refractivity contribution in [1.29, 1.82) is 0 Å². The van der Waals surface area contributed by atoms with Gasteiger partial charge in [-0.25, -0.2) is 13.8 Å². The van der Waals surface area contributed by atoms with E-state index in [-0.39, 0.29) is 18.3 Å². The lowest BCUT2D eigenvalue weighted by Crippen LogP contribution is -2.32. The van der Waals surface area contributed by atoms with Crippen LogP contribution in [0.1, 0.15) is 48.3 Å². The van der Waals surface area contributed by atoms with Crippen molar-refractivity contribution in [3.63, 3.8) is 0 Å². The van der Waals surface area contributed by atoms with Gasteiger partial charge in [0, 0.05) is 46.2 Å². The van der Waals surface area contributed by atoms with Crippen LogP contribution in [-0.4, -0.2) is 51.7 Å². The molecule has 4 unspecified atom stereocenters. The Morgan fingerprint density at radius 3 is 2.86 bits per heavy atom. The molecule has 0 bridgehead atoms. The van der Waals surface area contributed by atoms with Gasteiger partial charge in [0.15, 0.2) is 5.82 Å². The molecule has 0 spiro atoms. The molecule has 0 radical (unpaired) electrons. The Morgan fingerprint density at radius 1 is 1.27 bits per heavy atom. The first-order valence-corrected chi connectivity index (χ1v) is 16.6. The van der Waals surface area contributed by atoms with Crippen LogP contribution in [0.25, 0.3) is 10.9 Å². The van der Waals surface area contributed by atoms with E-state index < -0.39 is 17.2 Å². The lowest BCUT2D eigenvalue weighted by atomic mass is 9.74. The number of aromatic amines is 2. The summed E-state index contributed by atoms with van der Waals surface area (Å²) in [5, 5.41) is 5.54. The van der Waals surface area contributed by atoms with Gasteiger partial charge in [-0.1, -0.05) is 27.4 Å². The van der Waals surface area contributed by atoms with Crippen molar-refractivity contribution in [3.05, 3.63) is 99.8 Å². The average Bonchev–Trinajstić information content (AvgIpc) is 3.35. The number of nitrogens with one attached hydrogen (secondary N) is 2. The van der Waals surface area contributed by atoms with Crippen LogP contribution in [0.4, 0.5) is 8.78 Å². The maximum atomic E-state index is 15.2. The number of benzene rings is 2. The number of halogens is 2. The summed E-state index contributed by atoms with van der Waals surface area (Å²) in [5.41, 5.74) is 2.92. The van der Waals surface area contributed by atoms with Crippen LogP contribution >= 0.6 is 21.0 Å². The predicted molar refractivity (Wildman–Crippen MR) is 174 cm³/mol. The Morgan fingerprint density at radius 2 is 2.09 bits per heavy atom. The van der Waals surface area contributed by atoms with Gasteiger partial charge in [-0.05, 0) is 62.1 Å². The van der Waals surface area contributed by atoms with E-state index >= 15 is 4.39 Å². The van der Waals surface area contributed by atoms with E-state index in [0.717, 1.165) is 29.0 Å². The fraction of sp³-hybridized carbons (Fsp3) is 0.344. The summed E-state index contributed by atoms with van der Waals surface area (Å²) in [7, 11) is 2.39. The van der Waals surface area contributed by atoms with Gasteiger partial charge in [0.05, 0.1) is 35.9 Å². The Labute approximate surface area is 260 Å². The van der Waals surface area contributed by atoms with Gasteiger partial charge in [0.25, 0.3) is 0 Å². The zero-order valence-corrected chi connectivity index (χ0v) is 26.7. The van der Waals surface area contributed by atoms with E-state index in [1.807, 2.05) is 24.6 Å². The second-order valence-corrected chi connectivity index (χ2v) is 12.9. The second-order valence-electron chi connectivity index (χ2n) is 11.5. The largest absolute Gasteiger partial charge is 0.493 e. The normalized spacial score (nSPS) is 22.3. The second kappa shape index (κ2) is 12.4. The van der Waals surface area contributed by atoms with Gasteiger partial charge in [-0.2, -0.15) is 11.8 Å². The van der Waals surface area contributed by atoms with Crippen LogP contribution in [0.2, 0.25) is 0 Å².